The molecule has 0 spiro atoms. The highest BCUT2D eigenvalue weighted by molar-refractivity contribution is 7.80. The smallest absolute Gasteiger partial charge is 0.225 e. The maximum absolute atomic E-state index is 14.0. The maximum atomic E-state index is 14.0. The molecular formula is C35H40N2O13S. The van der Waals surface area contributed by atoms with Gasteiger partial charge in [-0.1, -0.05) is 12.1 Å². The summed E-state index contributed by atoms with van der Waals surface area (Å²) < 4.78 is 30.2. The van der Waals surface area contributed by atoms with Crippen LogP contribution in [0.25, 0.3) is 0 Å². The first kappa shape index (κ1) is 35.8. The fraction of sp³-hybridized carbons (Fsp3) is 0.543. The number of nitrogens with zero attached hydrogens (tertiary/aromatic N) is 2. The molecule has 3 fully saturated rings. The van der Waals surface area contributed by atoms with Crippen LogP contribution in [0.2, 0.25) is 0 Å². The molecule has 3 saturated heterocycles. The first-order valence-corrected chi connectivity index (χ1v) is 17.4. The molecule has 3 aliphatic heterocycles. The van der Waals surface area contributed by atoms with E-state index in [1.807, 2.05) is 0 Å². The second-order valence-electron chi connectivity index (χ2n) is 13.5. The number of amides is 1. The van der Waals surface area contributed by atoms with Gasteiger partial charge in [-0.3, -0.25) is 24.1 Å². The van der Waals surface area contributed by atoms with E-state index in [0.29, 0.717) is 18.8 Å². The molecule has 15 nitrogen and oxygen atoms in total. The summed E-state index contributed by atoms with van der Waals surface area (Å²) >= 11 is 4.19. The van der Waals surface area contributed by atoms with Crippen LogP contribution in [0.15, 0.2) is 18.2 Å². The number of carbonyl (C=O) groups excluding carboxylic acids is 4. The number of rotatable bonds is 8. The largest absolute Gasteiger partial charge is 0.507 e. The second kappa shape index (κ2) is 13.4. The standard InChI is InChI=1S/C35H40N2O13S/c1-15-32-18(36-8-9-37(22(40)7-10-51)33(47-3)34(36)50-32)11-23(48-15)49-20-13-35(45,21(39)14-38)12-17-25(20)31(44)27-26(29(17)42)28(41)16-5-4-6-19(46-2)24(16)30(27)43/h4-6,15,18,20,23,32-34,38,42,44-45,51H,7-14H2,1-3H3/t15-,18-,20-,23-,32+,33+,34+,35-/m0/s1. The van der Waals surface area contributed by atoms with Crippen molar-refractivity contribution in [1.29, 1.82) is 0 Å². The molecule has 51 heavy (non-hydrogen) atoms. The average Bonchev–Trinajstić information content (AvgIpc) is 3.50. The number of piperazine rings is 1. The van der Waals surface area contributed by atoms with Gasteiger partial charge in [0.2, 0.25) is 11.7 Å². The van der Waals surface area contributed by atoms with Crippen LogP contribution < -0.4 is 4.74 Å². The quantitative estimate of drug-likeness (QED) is 0.161. The van der Waals surface area contributed by atoms with E-state index < -0.39 is 102 Å². The number of thiol groups is 1. The summed E-state index contributed by atoms with van der Waals surface area (Å²) in [6.45, 7) is 1.64. The number of phenolic OH excluding ortho intramolecular Hbond substituents is 2. The van der Waals surface area contributed by atoms with Crippen molar-refractivity contribution in [3.8, 4) is 17.2 Å². The summed E-state index contributed by atoms with van der Waals surface area (Å²) in [5, 5.41) is 44.8. The Labute approximate surface area is 298 Å². The average molecular weight is 729 g/mol. The van der Waals surface area contributed by atoms with Gasteiger partial charge in [0.05, 0.1) is 36.0 Å². The van der Waals surface area contributed by atoms with Crippen molar-refractivity contribution in [3.63, 3.8) is 0 Å². The second-order valence-corrected chi connectivity index (χ2v) is 13.9. The zero-order valence-corrected chi connectivity index (χ0v) is 29.1. The van der Waals surface area contributed by atoms with Crippen molar-refractivity contribution in [2.45, 2.75) is 81.3 Å². The number of aromatic hydroxyl groups is 2. The number of methoxy groups -OCH3 is 2. The van der Waals surface area contributed by atoms with Gasteiger partial charge < -0.3 is 49.0 Å². The first-order valence-electron chi connectivity index (χ1n) is 16.8. The molecule has 274 valence electrons. The van der Waals surface area contributed by atoms with Gasteiger partial charge in [-0.25, -0.2) is 0 Å². The molecule has 2 aromatic rings. The summed E-state index contributed by atoms with van der Waals surface area (Å²) in [6, 6.07) is 4.14. The number of hydrogen-bond donors (Lipinski definition) is 5. The highest BCUT2D eigenvalue weighted by Gasteiger charge is 2.56. The van der Waals surface area contributed by atoms with Crippen molar-refractivity contribution in [2.75, 3.05) is 39.7 Å². The minimum atomic E-state index is -2.26. The number of ketones is 3. The van der Waals surface area contributed by atoms with Crippen LogP contribution in [0.1, 0.15) is 75.3 Å². The summed E-state index contributed by atoms with van der Waals surface area (Å²) in [6.07, 6.45) is -5.16. The van der Waals surface area contributed by atoms with Crippen LogP contribution in [-0.2, 0) is 35.0 Å². The number of fused-ring (bicyclic) bond motifs is 6. The number of aliphatic hydroxyl groups is 2. The van der Waals surface area contributed by atoms with Gasteiger partial charge in [0.15, 0.2) is 30.3 Å². The van der Waals surface area contributed by atoms with Gasteiger partial charge in [-0.2, -0.15) is 12.6 Å². The molecule has 0 aromatic heterocycles. The maximum Gasteiger partial charge on any atom is 0.225 e. The summed E-state index contributed by atoms with van der Waals surface area (Å²) in [4.78, 5) is 57.3. The normalized spacial score (nSPS) is 31.3. The molecule has 0 saturated carbocycles. The molecular weight excluding hydrogens is 688 g/mol. The van der Waals surface area contributed by atoms with E-state index >= 15 is 0 Å². The Morgan fingerprint density at radius 2 is 1.80 bits per heavy atom. The number of phenols is 2. The lowest BCUT2D eigenvalue weighted by Gasteiger charge is -2.45. The minimum Gasteiger partial charge on any atom is -0.507 e. The Bertz CT molecular complexity index is 1800. The zero-order chi connectivity index (χ0) is 36.5. The fourth-order valence-corrected chi connectivity index (χ4v) is 8.60. The Morgan fingerprint density at radius 1 is 1.06 bits per heavy atom. The van der Waals surface area contributed by atoms with Crippen LogP contribution in [-0.4, -0.2) is 136 Å². The minimum absolute atomic E-state index is 0.0503. The topological polar surface area (TPSA) is 202 Å². The van der Waals surface area contributed by atoms with E-state index in [-0.39, 0.29) is 52.8 Å². The van der Waals surface area contributed by atoms with Gasteiger partial charge in [0, 0.05) is 68.6 Å². The molecule has 0 bridgehead atoms. The number of ether oxygens (including phenoxy) is 5. The number of carbonyl (C=O) groups is 4. The van der Waals surface area contributed by atoms with Crippen LogP contribution in [0.4, 0.5) is 0 Å². The van der Waals surface area contributed by atoms with Gasteiger partial charge in [-0.15, -0.1) is 0 Å². The molecule has 5 aliphatic rings. The van der Waals surface area contributed by atoms with E-state index in [4.69, 9.17) is 23.7 Å². The molecule has 7 rings (SSSR count). The van der Waals surface area contributed by atoms with Crippen molar-refractivity contribution in [1.82, 2.24) is 9.80 Å². The van der Waals surface area contributed by atoms with Crippen molar-refractivity contribution >= 4 is 35.9 Å². The van der Waals surface area contributed by atoms with Gasteiger partial charge in [0.25, 0.3) is 0 Å². The summed E-state index contributed by atoms with van der Waals surface area (Å²) in [7, 11) is 2.84. The third-order valence-electron chi connectivity index (χ3n) is 10.8. The number of Topliss-reactive ketones (excluding diaryl/α,β-unsaturated/α-hetero) is 1. The molecule has 0 radical (unpaired) electrons. The van der Waals surface area contributed by atoms with Crippen molar-refractivity contribution in [3.05, 3.63) is 51.6 Å². The molecule has 3 heterocycles. The molecule has 8 atom stereocenters. The lowest BCUT2D eigenvalue weighted by Crippen LogP contribution is -2.62. The van der Waals surface area contributed by atoms with E-state index in [1.54, 1.807) is 11.8 Å². The van der Waals surface area contributed by atoms with Crippen LogP contribution in [0.3, 0.4) is 0 Å². The SMILES string of the molecule is COc1cccc2c1C(=O)c1c(O)c3c(c(O)c1C2=O)C[C@@](O)(C(=O)CO)C[C@@H]3O[C@H]1C[C@H]2[C@H](O[C@@H]3[C@@H](OC)N(C(=O)CCS)CCN32)[C@H](C)O1. The Kier molecular flexibility index (Phi) is 9.41. The number of aliphatic hydroxyl groups excluding tert-OH is 1. The molecule has 4 N–H and O–H groups in total. The lowest BCUT2D eigenvalue weighted by molar-refractivity contribution is -0.248. The highest BCUT2D eigenvalue weighted by Crippen LogP contribution is 2.53. The Balaban J connectivity index is 1.24. The summed E-state index contributed by atoms with van der Waals surface area (Å²) in [5.41, 5.74) is -3.59. The monoisotopic (exact) mass is 728 g/mol. The first-order chi connectivity index (χ1) is 24.4. The van der Waals surface area contributed by atoms with E-state index in [9.17, 15) is 39.6 Å². The van der Waals surface area contributed by atoms with Gasteiger partial charge in [-0.05, 0) is 18.7 Å². The molecule has 2 aromatic carbocycles. The van der Waals surface area contributed by atoms with E-state index in [0.717, 1.165) is 0 Å². The van der Waals surface area contributed by atoms with Crippen LogP contribution in [0.5, 0.6) is 17.2 Å². The highest BCUT2D eigenvalue weighted by atomic mass is 32.1. The van der Waals surface area contributed by atoms with Crippen LogP contribution >= 0.6 is 12.6 Å². The third-order valence-corrected chi connectivity index (χ3v) is 11.0. The molecule has 16 heteroatoms. The molecule has 1 amide bonds. The zero-order valence-electron chi connectivity index (χ0n) is 28.2. The van der Waals surface area contributed by atoms with Gasteiger partial charge >= 0.3 is 0 Å². The van der Waals surface area contributed by atoms with Gasteiger partial charge in [0.1, 0.15) is 35.6 Å². The fourth-order valence-electron chi connectivity index (χ4n) is 8.41. The summed E-state index contributed by atoms with van der Waals surface area (Å²) in [5.74, 6) is -3.44. The number of benzene rings is 2. The van der Waals surface area contributed by atoms with Crippen molar-refractivity contribution < 1.29 is 63.3 Å². The Morgan fingerprint density at radius 3 is 2.49 bits per heavy atom. The lowest BCUT2D eigenvalue weighted by atomic mass is 9.72. The van der Waals surface area contributed by atoms with E-state index in [1.165, 1.54) is 32.4 Å². The molecule has 0 unspecified atom stereocenters. The van der Waals surface area contributed by atoms with E-state index in [2.05, 4.69) is 17.5 Å². The molecule has 2 aliphatic carbocycles. The predicted molar refractivity (Wildman–Crippen MR) is 178 cm³/mol. The van der Waals surface area contributed by atoms with Crippen molar-refractivity contribution in [2.24, 2.45) is 0 Å². The van der Waals surface area contributed by atoms with Crippen LogP contribution in [0, 0.1) is 0 Å². The third kappa shape index (κ3) is 5.55. The predicted octanol–water partition coefficient (Wildman–Crippen LogP) is 0.843. The Hall–Kier alpha value is -3.61. The number of hydrogen-bond acceptors (Lipinski definition) is 15.